The molecule has 1 aliphatic rings. The minimum absolute atomic E-state index is 0.562. The van der Waals surface area contributed by atoms with Gasteiger partial charge in [-0.1, -0.05) is 6.55 Å². The van der Waals surface area contributed by atoms with Crippen molar-refractivity contribution in [1.82, 2.24) is 0 Å². The quantitative estimate of drug-likeness (QED) is 0.626. The number of nitrogens with zero attached hydrogens (tertiary/aromatic N) is 1. The van der Waals surface area contributed by atoms with Gasteiger partial charge >= 0.3 is 0 Å². The smallest absolute Gasteiger partial charge is 0.0696 e. The SMILES string of the molecule is C[SiH](CCC#N)C1CCCCO1. The van der Waals surface area contributed by atoms with Crippen molar-refractivity contribution in [3.8, 4) is 6.07 Å². The van der Waals surface area contributed by atoms with Gasteiger partial charge in [-0.15, -0.1) is 0 Å². The number of hydrogen-bond donors (Lipinski definition) is 0. The first-order valence-electron chi connectivity index (χ1n) is 4.83. The van der Waals surface area contributed by atoms with Crippen molar-refractivity contribution >= 4 is 8.80 Å². The summed E-state index contributed by atoms with van der Waals surface area (Å²) >= 11 is 0. The fourth-order valence-electron chi connectivity index (χ4n) is 1.69. The van der Waals surface area contributed by atoms with Gasteiger partial charge in [-0.2, -0.15) is 5.26 Å². The van der Waals surface area contributed by atoms with Crippen molar-refractivity contribution in [2.75, 3.05) is 6.61 Å². The summed E-state index contributed by atoms with van der Waals surface area (Å²) in [6, 6.07) is 3.34. The third-order valence-corrected chi connectivity index (χ3v) is 5.56. The van der Waals surface area contributed by atoms with E-state index in [0.29, 0.717) is 5.73 Å². The Morgan fingerprint density at radius 3 is 3.00 bits per heavy atom. The Morgan fingerprint density at radius 1 is 1.58 bits per heavy atom. The second-order valence-electron chi connectivity index (χ2n) is 3.58. The van der Waals surface area contributed by atoms with Crippen molar-refractivity contribution in [3.05, 3.63) is 0 Å². The van der Waals surface area contributed by atoms with Gasteiger partial charge in [0.1, 0.15) is 0 Å². The molecule has 2 atom stereocenters. The van der Waals surface area contributed by atoms with Crippen molar-refractivity contribution in [2.24, 2.45) is 0 Å². The van der Waals surface area contributed by atoms with E-state index in [1.807, 2.05) is 0 Å². The van der Waals surface area contributed by atoms with Crippen molar-refractivity contribution in [1.29, 1.82) is 5.26 Å². The zero-order valence-electron chi connectivity index (χ0n) is 7.75. The highest BCUT2D eigenvalue weighted by atomic mass is 28.3. The lowest BCUT2D eigenvalue weighted by Crippen LogP contribution is -2.33. The van der Waals surface area contributed by atoms with Gasteiger partial charge in [0, 0.05) is 18.8 Å². The predicted molar refractivity (Wildman–Crippen MR) is 51.6 cm³/mol. The minimum atomic E-state index is -0.746. The highest BCUT2D eigenvalue weighted by Crippen LogP contribution is 2.17. The van der Waals surface area contributed by atoms with E-state index < -0.39 is 8.80 Å². The first-order valence-corrected chi connectivity index (χ1v) is 7.47. The molecule has 1 fully saturated rings. The molecule has 1 saturated heterocycles. The first kappa shape index (κ1) is 9.75. The number of ether oxygens (including phenoxy) is 1. The molecule has 2 nitrogen and oxygen atoms in total. The molecule has 0 N–H and O–H groups in total. The van der Waals surface area contributed by atoms with Gasteiger partial charge in [-0.3, -0.25) is 0 Å². The van der Waals surface area contributed by atoms with Crippen LogP contribution in [0, 0.1) is 11.3 Å². The van der Waals surface area contributed by atoms with Gasteiger partial charge in [0.25, 0.3) is 0 Å². The van der Waals surface area contributed by atoms with Gasteiger partial charge in [0.15, 0.2) is 0 Å². The topological polar surface area (TPSA) is 33.0 Å². The van der Waals surface area contributed by atoms with Crippen LogP contribution in [0.2, 0.25) is 12.6 Å². The Balaban J connectivity index is 2.21. The van der Waals surface area contributed by atoms with Gasteiger partial charge in [0.2, 0.25) is 0 Å². The van der Waals surface area contributed by atoms with E-state index in [4.69, 9.17) is 10.00 Å². The molecule has 0 aliphatic carbocycles. The molecule has 12 heavy (non-hydrogen) atoms. The predicted octanol–water partition coefficient (Wildman–Crippen LogP) is 1.87. The van der Waals surface area contributed by atoms with Gasteiger partial charge in [-0.25, -0.2) is 0 Å². The third kappa shape index (κ3) is 2.96. The number of rotatable bonds is 3. The highest BCUT2D eigenvalue weighted by molar-refractivity contribution is 6.58. The lowest BCUT2D eigenvalue weighted by atomic mass is 10.2. The second kappa shape index (κ2) is 5.34. The summed E-state index contributed by atoms with van der Waals surface area (Å²) in [5, 5.41) is 8.44. The maximum atomic E-state index is 8.44. The molecule has 0 aromatic carbocycles. The molecule has 0 radical (unpaired) electrons. The van der Waals surface area contributed by atoms with E-state index in [-0.39, 0.29) is 0 Å². The lowest BCUT2D eigenvalue weighted by molar-refractivity contribution is 0.0626. The van der Waals surface area contributed by atoms with Crippen LogP contribution in [0.5, 0.6) is 0 Å². The van der Waals surface area contributed by atoms with Crippen LogP contribution in [0.1, 0.15) is 25.7 Å². The molecular formula is C9H17NOSi. The summed E-state index contributed by atoms with van der Waals surface area (Å²) < 4.78 is 5.69. The van der Waals surface area contributed by atoms with Crippen LogP contribution in [0.3, 0.4) is 0 Å². The lowest BCUT2D eigenvalue weighted by Gasteiger charge is -2.26. The summed E-state index contributed by atoms with van der Waals surface area (Å²) in [6.07, 6.45) is 4.54. The number of nitriles is 1. The zero-order valence-corrected chi connectivity index (χ0v) is 8.91. The standard InChI is InChI=1S/C9H17NOSi/c1-12(8-4-6-10)9-5-2-3-7-11-9/h9,12H,2-5,7-8H2,1H3. The molecule has 0 saturated carbocycles. The molecule has 0 amide bonds. The molecule has 0 aromatic heterocycles. The normalized spacial score (nSPS) is 26.2. The van der Waals surface area contributed by atoms with E-state index in [9.17, 15) is 0 Å². The van der Waals surface area contributed by atoms with E-state index in [0.717, 1.165) is 19.1 Å². The van der Waals surface area contributed by atoms with E-state index in [1.54, 1.807) is 0 Å². The first-order chi connectivity index (χ1) is 5.84. The van der Waals surface area contributed by atoms with Crippen LogP contribution >= 0.6 is 0 Å². The largest absolute Gasteiger partial charge is 0.382 e. The van der Waals surface area contributed by atoms with E-state index in [1.165, 1.54) is 19.3 Å². The Morgan fingerprint density at radius 2 is 2.42 bits per heavy atom. The van der Waals surface area contributed by atoms with Crippen molar-refractivity contribution < 1.29 is 4.74 Å². The maximum Gasteiger partial charge on any atom is 0.0696 e. The van der Waals surface area contributed by atoms with E-state index >= 15 is 0 Å². The molecule has 1 aliphatic heterocycles. The van der Waals surface area contributed by atoms with Gasteiger partial charge in [-0.05, 0) is 25.3 Å². The van der Waals surface area contributed by atoms with Crippen LogP contribution in [0.4, 0.5) is 0 Å². The average molecular weight is 183 g/mol. The van der Waals surface area contributed by atoms with Crippen LogP contribution in [-0.2, 0) is 4.74 Å². The van der Waals surface area contributed by atoms with Crippen LogP contribution < -0.4 is 0 Å². The van der Waals surface area contributed by atoms with Gasteiger partial charge in [0.05, 0.1) is 14.9 Å². The molecule has 1 heterocycles. The van der Waals surface area contributed by atoms with E-state index in [2.05, 4.69) is 12.6 Å². The fourth-order valence-corrected chi connectivity index (χ4v) is 3.92. The maximum absolute atomic E-state index is 8.44. The average Bonchev–Trinajstić information content (AvgIpc) is 2.15. The molecular weight excluding hydrogens is 166 g/mol. The molecule has 2 unspecified atom stereocenters. The minimum Gasteiger partial charge on any atom is -0.382 e. The van der Waals surface area contributed by atoms with Crippen molar-refractivity contribution in [3.63, 3.8) is 0 Å². The molecule has 68 valence electrons. The summed E-state index contributed by atoms with van der Waals surface area (Å²) in [5.74, 6) is 0. The fraction of sp³-hybridized carbons (Fsp3) is 0.889. The second-order valence-corrected chi connectivity index (χ2v) is 6.85. The van der Waals surface area contributed by atoms with Crippen molar-refractivity contribution in [2.45, 2.75) is 44.0 Å². The molecule has 3 heteroatoms. The highest BCUT2D eigenvalue weighted by Gasteiger charge is 2.21. The summed E-state index contributed by atoms with van der Waals surface area (Å²) in [4.78, 5) is 0. The zero-order chi connectivity index (χ0) is 8.81. The Bertz CT molecular complexity index is 160. The Labute approximate surface area is 76.1 Å². The molecule has 0 spiro atoms. The molecule has 0 bridgehead atoms. The summed E-state index contributed by atoms with van der Waals surface area (Å²) in [5.41, 5.74) is 0.562. The Kier molecular flexibility index (Phi) is 4.34. The summed E-state index contributed by atoms with van der Waals surface area (Å²) in [6.45, 7) is 3.28. The van der Waals surface area contributed by atoms with Gasteiger partial charge < -0.3 is 4.74 Å². The van der Waals surface area contributed by atoms with Crippen LogP contribution in [0.15, 0.2) is 0 Å². The van der Waals surface area contributed by atoms with Crippen LogP contribution in [0.25, 0.3) is 0 Å². The molecule has 0 aromatic rings. The Hall–Kier alpha value is -0.333. The third-order valence-electron chi connectivity index (χ3n) is 2.56. The monoisotopic (exact) mass is 183 g/mol. The molecule has 1 rings (SSSR count). The number of hydrogen-bond acceptors (Lipinski definition) is 2. The van der Waals surface area contributed by atoms with Crippen LogP contribution in [-0.4, -0.2) is 21.1 Å². The summed E-state index contributed by atoms with van der Waals surface area (Å²) in [7, 11) is -0.746.